The predicted octanol–water partition coefficient (Wildman–Crippen LogP) is 1.56. The second kappa shape index (κ2) is 3.81. The standard InChI is InChI=1S/C13H12N4O2/c18-13-14-9-5-2-1-4-8(9)12-15-11(16-17(12)13)10-6-3-7-19-10/h3,6-7H,1-2,4-5H2,(H,14,18). The minimum Gasteiger partial charge on any atom is -0.461 e. The molecule has 1 N–H and O–H groups in total. The van der Waals surface area contributed by atoms with Crippen LogP contribution in [0.4, 0.5) is 0 Å². The van der Waals surface area contributed by atoms with Gasteiger partial charge in [-0.3, -0.25) is 0 Å². The van der Waals surface area contributed by atoms with Crippen LogP contribution in [0.25, 0.3) is 17.2 Å². The molecule has 6 nitrogen and oxygen atoms in total. The molecule has 4 rings (SSSR count). The smallest absolute Gasteiger partial charge is 0.348 e. The van der Waals surface area contributed by atoms with E-state index < -0.39 is 0 Å². The van der Waals surface area contributed by atoms with E-state index in [1.54, 1.807) is 18.4 Å². The highest BCUT2D eigenvalue weighted by Crippen LogP contribution is 2.23. The van der Waals surface area contributed by atoms with Gasteiger partial charge in [-0.1, -0.05) is 0 Å². The van der Waals surface area contributed by atoms with Crippen LogP contribution in [0, 0.1) is 0 Å². The first-order chi connectivity index (χ1) is 9.33. The normalized spacial score (nSPS) is 14.7. The molecule has 96 valence electrons. The molecule has 0 fully saturated rings. The van der Waals surface area contributed by atoms with Crippen molar-refractivity contribution < 1.29 is 4.42 Å². The third kappa shape index (κ3) is 1.53. The van der Waals surface area contributed by atoms with E-state index in [-0.39, 0.29) is 5.69 Å². The Morgan fingerprint density at radius 3 is 3.05 bits per heavy atom. The van der Waals surface area contributed by atoms with Crippen molar-refractivity contribution in [3.63, 3.8) is 0 Å². The van der Waals surface area contributed by atoms with E-state index in [4.69, 9.17) is 4.42 Å². The van der Waals surface area contributed by atoms with Crippen molar-refractivity contribution in [3.05, 3.63) is 40.1 Å². The van der Waals surface area contributed by atoms with E-state index in [0.717, 1.165) is 36.9 Å². The summed E-state index contributed by atoms with van der Waals surface area (Å²) in [6.07, 6.45) is 5.65. The molecule has 3 aromatic heterocycles. The maximum atomic E-state index is 12.0. The Kier molecular flexibility index (Phi) is 2.11. The number of aromatic amines is 1. The summed E-state index contributed by atoms with van der Waals surface area (Å²) in [7, 11) is 0. The van der Waals surface area contributed by atoms with Crippen LogP contribution in [-0.2, 0) is 12.8 Å². The Bertz CT molecular complexity index is 798. The van der Waals surface area contributed by atoms with Gasteiger partial charge in [-0.25, -0.2) is 9.78 Å². The number of hydrogen-bond acceptors (Lipinski definition) is 4. The van der Waals surface area contributed by atoms with Crippen molar-refractivity contribution >= 4 is 5.65 Å². The van der Waals surface area contributed by atoms with Crippen molar-refractivity contribution in [2.24, 2.45) is 0 Å². The van der Waals surface area contributed by atoms with Crippen LogP contribution in [0.5, 0.6) is 0 Å². The minimum absolute atomic E-state index is 0.235. The molecule has 1 aliphatic rings. The van der Waals surface area contributed by atoms with Gasteiger partial charge in [0, 0.05) is 11.3 Å². The number of aryl methyl sites for hydroxylation is 2. The fourth-order valence-corrected chi connectivity index (χ4v) is 2.63. The minimum atomic E-state index is -0.235. The highest BCUT2D eigenvalue weighted by Gasteiger charge is 2.19. The quantitative estimate of drug-likeness (QED) is 0.716. The summed E-state index contributed by atoms with van der Waals surface area (Å²) in [6.45, 7) is 0. The predicted molar refractivity (Wildman–Crippen MR) is 68.0 cm³/mol. The van der Waals surface area contributed by atoms with Gasteiger partial charge in [0.05, 0.1) is 6.26 Å². The molecule has 0 saturated carbocycles. The van der Waals surface area contributed by atoms with Crippen molar-refractivity contribution in [1.29, 1.82) is 0 Å². The summed E-state index contributed by atoms with van der Waals surface area (Å²) in [5.74, 6) is 1.03. The third-order valence-corrected chi connectivity index (χ3v) is 3.54. The topological polar surface area (TPSA) is 76.2 Å². The molecule has 3 heterocycles. The fourth-order valence-electron chi connectivity index (χ4n) is 2.63. The van der Waals surface area contributed by atoms with E-state index in [1.165, 1.54) is 4.52 Å². The van der Waals surface area contributed by atoms with Gasteiger partial charge in [0.25, 0.3) is 0 Å². The van der Waals surface area contributed by atoms with Crippen LogP contribution in [0.15, 0.2) is 27.6 Å². The molecule has 0 saturated heterocycles. The first kappa shape index (κ1) is 10.5. The SMILES string of the molecule is O=c1[nH]c2c(c3nc(-c4ccco4)nn13)CCCC2. The molecule has 3 aromatic rings. The largest absolute Gasteiger partial charge is 0.461 e. The molecule has 0 aromatic carbocycles. The molecular formula is C13H12N4O2. The monoisotopic (exact) mass is 256 g/mol. The number of nitrogens with one attached hydrogen (secondary N) is 1. The van der Waals surface area contributed by atoms with E-state index >= 15 is 0 Å². The first-order valence-electron chi connectivity index (χ1n) is 6.37. The van der Waals surface area contributed by atoms with Crippen molar-refractivity contribution in [2.75, 3.05) is 0 Å². The van der Waals surface area contributed by atoms with Gasteiger partial charge in [0.15, 0.2) is 11.4 Å². The summed E-state index contributed by atoms with van der Waals surface area (Å²) in [6, 6.07) is 3.57. The zero-order valence-corrected chi connectivity index (χ0v) is 10.2. The Labute approximate surface area is 108 Å². The average molecular weight is 256 g/mol. The maximum absolute atomic E-state index is 12.0. The summed E-state index contributed by atoms with van der Waals surface area (Å²) < 4.78 is 6.62. The number of hydrogen-bond donors (Lipinski definition) is 1. The lowest BCUT2D eigenvalue weighted by Gasteiger charge is -2.14. The maximum Gasteiger partial charge on any atom is 0.348 e. The van der Waals surface area contributed by atoms with Crippen molar-refractivity contribution in [3.8, 4) is 11.6 Å². The molecule has 6 heteroatoms. The zero-order valence-electron chi connectivity index (χ0n) is 10.2. The summed E-state index contributed by atoms with van der Waals surface area (Å²) in [5.41, 5.74) is 2.53. The lowest BCUT2D eigenvalue weighted by atomic mass is 9.97. The molecule has 0 bridgehead atoms. The molecule has 1 aliphatic carbocycles. The summed E-state index contributed by atoms with van der Waals surface area (Å²) in [5, 5.41) is 4.23. The molecule has 0 amide bonds. The zero-order chi connectivity index (χ0) is 12.8. The highest BCUT2D eigenvalue weighted by atomic mass is 16.3. The van der Waals surface area contributed by atoms with E-state index in [0.29, 0.717) is 17.2 Å². The highest BCUT2D eigenvalue weighted by molar-refractivity contribution is 5.56. The number of furan rings is 1. The molecule has 0 aliphatic heterocycles. The van der Waals surface area contributed by atoms with Gasteiger partial charge >= 0.3 is 5.69 Å². The molecule has 0 atom stereocenters. The van der Waals surface area contributed by atoms with Crippen LogP contribution >= 0.6 is 0 Å². The van der Waals surface area contributed by atoms with Crippen molar-refractivity contribution in [1.82, 2.24) is 19.6 Å². The number of fused-ring (bicyclic) bond motifs is 3. The van der Waals surface area contributed by atoms with Gasteiger partial charge in [-0.15, -0.1) is 5.10 Å². The van der Waals surface area contributed by atoms with E-state index in [1.807, 2.05) is 0 Å². The van der Waals surface area contributed by atoms with Gasteiger partial charge in [0.1, 0.15) is 0 Å². The average Bonchev–Trinajstić information content (AvgIpc) is 3.08. The summed E-state index contributed by atoms with van der Waals surface area (Å²) in [4.78, 5) is 19.4. The van der Waals surface area contributed by atoms with Crippen LogP contribution in [0.2, 0.25) is 0 Å². The molecule has 0 unspecified atom stereocenters. The Balaban J connectivity index is 2.02. The van der Waals surface area contributed by atoms with Crippen LogP contribution < -0.4 is 5.69 Å². The Morgan fingerprint density at radius 1 is 1.32 bits per heavy atom. The lowest BCUT2D eigenvalue weighted by molar-refractivity contribution is 0.577. The second-order valence-corrected chi connectivity index (χ2v) is 4.74. The Morgan fingerprint density at radius 2 is 2.21 bits per heavy atom. The fraction of sp³-hybridized carbons (Fsp3) is 0.308. The van der Waals surface area contributed by atoms with Gasteiger partial charge < -0.3 is 9.40 Å². The van der Waals surface area contributed by atoms with Crippen LogP contribution in [0.3, 0.4) is 0 Å². The van der Waals surface area contributed by atoms with Gasteiger partial charge in [-0.05, 0) is 37.8 Å². The number of nitrogens with zero attached hydrogens (tertiary/aromatic N) is 3. The second-order valence-electron chi connectivity index (χ2n) is 4.74. The summed E-state index contributed by atoms with van der Waals surface area (Å²) >= 11 is 0. The third-order valence-electron chi connectivity index (χ3n) is 3.54. The Hall–Kier alpha value is -2.37. The number of rotatable bonds is 1. The van der Waals surface area contributed by atoms with E-state index in [2.05, 4.69) is 15.1 Å². The molecule has 0 spiro atoms. The number of H-pyrrole nitrogens is 1. The van der Waals surface area contributed by atoms with Crippen LogP contribution in [0.1, 0.15) is 24.1 Å². The van der Waals surface area contributed by atoms with Crippen molar-refractivity contribution in [2.45, 2.75) is 25.7 Å². The number of aromatic nitrogens is 4. The lowest BCUT2D eigenvalue weighted by Crippen LogP contribution is -2.23. The van der Waals surface area contributed by atoms with Crippen LogP contribution in [-0.4, -0.2) is 19.6 Å². The van der Waals surface area contributed by atoms with E-state index in [9.17, 15) is 4.79 Å². The molecule has 19 heavy (non-hydrogen) atoms. The molecule has 0 radical (unpaired) electrons. The first-order valence-corrected chi connectivity index (χ1v) is 6.37. The van der Waals surface area contributed by atoms with Gasteiger partial charge in [0.2, 0.25) is 5.82 Å². The molecular weight excluding hydrogens is 244 g/mol. The van der Waals surface area contributed by atoms with Gasteiger partial charge in [-0.2, -0.15) is 4.52 Å².